The molecule has 1 aromatic heterocycles. The molecular formula is C17H15ClF2N2O2. The minimum Gasteiger partial charge on any atom is -0.387 e. The van der Waals surface area contributed by atoms with Crippen LogP contribution in [0.2, 0.25) is 5.02 Å². The number of aliphatic hydroxyl groups excluding tert-OH is 1. The molecule has 24 heavy (non-hydrogen) atoms. The van der Waals surface area contributed by atoms with Crippen molar-refractivity contribution in [3.05, 3.63) is 63.9 Å². The van der Waals surface area contributed by atoms with E-state index in [1.807, 2.05) is 0 Å². The first-order valence-corrected chi connectivity index (χ1v) is 7.89. The maximum atomic E-state index is 13.5. The van der Waals surface area contributed by atoms with Gasteiger partial charge in [-0.3, -0.25) is 9.78 Å². The highest BCUT2D eigenvalue weighted by atomic mass is 35.5. The fraction of sp³-hybridized carbons (Fsp3) is 0.294. The highest BCUT2D eigenvalue weighted by Crippen LogP contribution is 2.36. The van der Waals surface area contributed by atoms with E-state index >= 15 is 0 Å². The fourth-order valence-corrected chi connectivity index (χ4v) is 3.12. The van der Waals surface area contributed by atoms with E-state index in [4.69, 9.17) is 11.6 Å². The van der Waals surface area contributed by atoms with Crippen LogP contribution < -0.4 is 5.32 Å². The first-order chi connectivity index (χ1) is 11.5. The molecule has 0 aliphatic heterocycles. The molecule has 0 spiro atoms. The molecule has 0 saturated heterocycles. The Bertz CT molecular complexity index is 785. The van der Waals surface area contributed by atoms with Gasteiger partial charge in [-0.15, -0.1) is 0 Å². The third-order valence-corrected chi connectivity index (χ3v) is 4.58. The number of pyridine rings is 1. The van der Waals surface area contributed by atoms with Crippen molar-refractivity contribution >= 4 is 17.5 Å². The summed E-state index contributed by atoms with van der Waals surface area (Å²) in [7, 11) is 0. The molecule has 0 unspecified atom stereocenters. The Balaban J connectivity index is 1.75. The summed E-state index contributed by atoms with van der Waals surface area (Å²) >= 11 is 5.76. The molecule has 126 valence electrons. The van der Waals surface area contributed by atoms with E-state index in [0.717, 1.165) is 6.07 Å². The second-order valence-electron chi connectivity index (χ2n) is 5.68. The number of carbonyl (C=O) groups is 1. The summed E-state index contributed by atoms with van der Waals surface area (Å²) in [6.45, 7) is -0.0104. The lowest BCUT2D eigenvalue weighted by atomic mass is 9.83. The van der Waals surface area contributed by atoms with Crippen LogP contribution in [0.25, 0.3) is 0 Å². The zero-order valence-corrected chi connectivity index (χ0v) is 13.4. The molecule has 1 aliphatic rings. The fourth-order valence-electron chi connectivity index (χ4n) is 2.90. The monoisotopic (exact) mass is 352 g/mol. The normalized spacial score (nSPS) is 19.7. The van der Waals surface area contributed by atoms with Gasteiger partial charge < -0.3 is 10.4 Å². The SMILES string of the molecule is O=C(NCc1ccc(F)c(F)c1Cl)[C@@H]1CC[C@H](O)c2ncccc21. The summed E-state index contributed by atoms with van der Waals surface area (Å²) < 4.78 is 26.5. The number of halogens is 3. The standard InChI is InChI=1S/C17H15ClF2N2O2/c18-14-9(3-5-12(19)15(14)20)8-22-17(24)11-4-6-13(23)16-10(11)2-1-7-21-16/h1-3,5,7,11,13,23H,4,6,8H2,(H,22,24)/t11-,13+/m1/s1. The van der Waals surface area contributed by atoms with Gasteiger partial charge in [-0.05, 0) is 36.1 Å². The number of benzene rings is 1. The maximum Gasteiger partial charge on any atom is 0.227 e. The van der Waals surface area contributed by atoms with Gasteiger partial charge in [-0.1, -0.05) is 23.7 Å². The second kappa shape index (κ2) is 6.83. The third kappa shape index (κ3) is 3.12. The van der Waals surface area contributed by atoms with E-state index in [-0.39, 0.29) is 17.5 Å². The Hall–Kier alpha value is -2.05. The minimum absolute atomic E-state index is 0.0104. The van der Waals surface area contributed by atoms with E-state index in [0.29, 0.717) is 29.7 Å². The zero-order valence-electron chi connectivity index (χ0n) is 12.6. The van der Waals surface area contributed by atoms with Gasteiger partial charge in [0.2, 0.25) is 5.91 Å². The lowest BCUT2D eigenvalue weighted by Gasteiger charge is -2.27. The van der Waals surface area contributed by atoms with E-state index < -0.39 is 23.7 Å². The molecule has 2 aromatic rings. The summed E-state index contributed by atoms with van der Waals surface area (Å²) in [5, 5.41) is 12.3. The summed E-state index contributed by atoms with van der Waals surface area (Å²) in [5.41, 5.74) is 1.49. The molecule has 3 rings (SSSR count). The van der Waals surface area contributed by atoms with Gasteiger partial charge in [-0.2, -0.15) is 0 Å². The first kappa shape index (κ1) is 16.8. The number of nitrogens with zero attached hydrogens (tertiary/aromatic N) is 1. The molecule has 7 heteroatoms. The van der Waals surface area contributed by atoms with Gasteiger partial charge in [0, 0.05) is 12.7 Å². The van der Waals surface area contributed by atoms with Gasteiger partial charge in [0.15, 0.2) is 11.6 Å². The van der Waals surface area contributed by atoms with Crippen LogP contribution in [0.3, 0.4) is 0 Å². The third-order valence-electron chi connectivity index (χ3n) is 4.18. The lowest BCUT2D eigenvalue weighted by Crippen LogP contribution is -2.32. The second-order valence-corrected chi connectivity index (χ2v) is 6.05. The zero-order chi connectivity index (χ0) is 17.3. The molecule has 0 bridgehead atoms. The summed E-state index contributed by atoms with van der Waals surface area (Å²) in [6, 6.07) is 5.78. The van der Waals surface area contributed by atoms with Crippen molar-refractivity contribution in [3.63, 3.8) is 0 Å². The lowest BCUT2D eigenvalue weighted by molar-refractivity contribution is -0.123. The number of aromatic nitrogens is 1. The number of carbonyl (C=O) groups excluding carboxylic acids is 1. The highest BCUT2D eigenvalue weighted by molar-refractivity contribution is 6.31. The van der Waals surface area contributed by atoms with Crippen molar-refractivity contribution in [2.75, 3.05) is 0 Å². The summed E-state index contributed by atoms with van der Waals surface area (Å²) in [5.74, 6) is -2.87. The number of fused-ring (bicyclic) bond motifs is 1. The largest absolute Gasteiger partial charge is 0.387 e. The highest BCUT2D eigenvalue weighted by Gasteiger charge is 2.31. The quantitative estimate of drug-likeness (QED) is 0.834. The molecule has 1 amide bonds. The molecule has 0 saturated carbocycles. The number of amides is 1. The van der Waals surface area contributed by atoms with Crippen molar-refractivity contribution in [3.8, 4) is 0 Å². The van der Waals surface area contributed by atoms with E-state index in [1.165, 1.54) is 6.07 Å². The molecule has 4 nitrogen and oxygen atoms in total. The van der Waals surface area contributed by atoms with Gasteiger partial charge in [0.05, 0.1) is 22.7 Å². The van der Waals surface area contributed by atoms with Crippen LogP contribution in [-0.4, -0.2) is 16.0 Å². The van der Waals surface area contributed by atoms with Gasteiger partial charge in [0.25, 0.3) is 0 Å². The Morgan fingerprint density at radius 1 is 1.33 bits per heavy atom. The van der Waals surface area contributed by atoms with Crippen LogP contribution in [0.4, 0.5) is 8.78 Å². The smallest absolute Gasteiger partial charge is 0.227 e. The predicted octanol–water partition coefficient (Wildman–Crippen LogP) is 3.24. The molecule has 1 aromatic carbocycles. The summed E-state index contributed by atoms with van der Waals surface area (Å²) in [6.07, 6.45) is 1.82. The predicted molar refractivity (Wildman–Crippen MR) is 84.4 cm³/mol. The van der Waals surface area contributed by atoms with Crippen LogP contribution in [-0.2, 0) is 11.3 Å². The van der Waals surface area contributed by atoms with Gasteiger partial charge in [-0.25, -0.2) is 8.78 Å². The molecule has 1 aliphatic carbocycles. The van der Waals surface area contributed by atoms with E-state index in [1.54, 1.807) is 18.3 Å². The molecule has 1 heterocycles. The molecule has 0 fully saturated rings. The molecule has 2 N–H and O–H groups in total. The average Bonchev–Trinajstić information content (AvgIpc) is 2.59. The number of nitrogens with one attached hydrogen (secondary N) is 1. The van der Waals surface area contributed by atoms with Gasteiger partial charge in [0.1, 0.15) is 0 Å². The Labute approximate surface area is 142 Å². The topological polar surface area (TPSA) is 62.2 Å². The molecular weight excluding hydrogens is 338 g/mol. The number of aliphatic hydroxyl groups is 1. The number of rotatable bonds is 3. The van der Waals surface area contributed by atoms with Crippen LogP contribution >= 0.6 is 11.6 Å². The summed E-state index contributed by atoms with van der Waals surface area (Å²) in [4.78, 5) is 16.6. The van der Waals surface area contributed by atoms with Crippen molar-refractivity contribution < 1.29 is 18.7 Å². The Kier molecular flexibility index (Phi) is 4.78. The van der Waals surface area contributed by atoms with Gasteiger partial charge >= 0.3 is 0 Å². The van der Waals surface area contributed by atoms with Crippen molar-refractivity contribution in [1.82, 2.24) is 10.3 Å². The van der Waals surface area contributed by atoms with Crippen LogP contribution in [0.5, 0.6) is 0 Å². The number of hydrogen-bond donors (Lipinski definition) is 2. The van der Waals surface area contributed by atoms with Crippen LogP contribution in [0.15, 0.2) is 30.5 Å². The molecule has 2 atom stereocenters. The van der Waals surface area contributed by atoms with E-state index in [9.17, 15) is 18.7 Å². The minimum atomic E-state index is -1.13. The van der Waals surface area contributed by atoms with Crippen molar-refractivity contribution in [2.24, 2.45) is 0 Å². The van der Waals surface area contributed by atoms with E-state index in [2.05, 4.69) is 10.3 Å². The molecule has 0 radical (unpaired) electrons. The average molecular weight is 353 g/mol. The Morgan fingerprint density at radius 2 is 2.12 bits per heavy atom. The van der Waals surface area contributed by atoms with Crippen LogP contribution in [0.1, 0.15) is 41.7 Å². The number of hydrogen-bond acceptors (Lipinski definition) is 3. The Morgan fingerprint density at radius 3 is 2.92 bits per heavy atom. The van der Waals surface area contributed by atoms with Crippen LogP contribution in [0, 0.1) is 11.6 Å². The van der Waals surface area contributed by atoms with Crippen molar-refractivity contribution in [1.29, 1.82) is 0 Å². The van der Waals surface area contributed by atoms with Crippen molar-refractivity contribution in [2.45, 2.75) is 31.4 Å². The first-order valence-electron chi connectivity index (χ1n) is 7.52. The maximum absolute atomic E-state index is 13.5.